The Hall–Kier alpha value is -4.26. The number of ether oxygens (including phenoxy) is 2. The van der Waals surface area contributed by atoms with Gasteiger partial charge in [0.05, 0.1) is 48.0 Å². The van der Waals surface area contributed by atoms with Gasteiger partial charge in [-0.05, 0) is 49.7 Å². The van der Waals surface area contributed by atoms with Gasteiger partial charge in [0.2, 0.25) is 0 Å². The van der Waals surface area contributed by atoms with Gasteiger partial charge in [0.25, 0.3) is 0 Å². The smallest absolute Gasteiger partial charge is 0.416 e. The Balaban J connectivity index is 2.33. The Bertz CT molecular complexity index is 1260. The second kappa shape index (κ2) is 9.93. The molecule has 2 aromatic carbocycles. The van der Waals surface area contributed by atoms with Gasteiger partial charge in [0, 0.05) is 11.4 Å². The van der Waals surface area contributed by atoms with Crippen LogP contribution in [0, 0.1) is 11.3 Å². The van der Waals surface area contributed by atoms with Crippen LogP contribution in [-0.2, 0) is 25.2 Å². The lowest BCUT2D eigenvalue weighted by Crippen LogP contribution is -2.39. The normalized spacial score (nSPS) is 16.1. The topological polar surface area (TPSA) is 106 Å². The number of methoxy groups -OCH3 is 1. The SMILES string of the molecule is CCOC(=O)C1=C(C)N(c2cccc(C(F)(F)F)c2)C(N)=C(C(=O)OC)C1c1ccc(C#N)cc1. The van der Waals surface area contributed by atoms with Crippen molar-refractivity contribution in [3.8, 4) is 6.07 Å². The van der Waals surface area contributed by atoms with Crippen LogP contribution in [0.2, 0.25) is 0 Å². The Morgan fingerprint density at radius 1 is 1.11 bits per heavy atom. The quantitative estimate of drug-likeness (QED) is 0.628. The number of nitrogens with zero attached hydrogens (tertiary/aromatic N) is 2. The van der Waals surface area contributed by atoms with Gasteiger partial charge in [-0.1, -0.05) is 18.2 Å². The molecule has 0 saturated carbocycles. The molecular weight excluding hydrogens is 463 g/mol. The van der Waals surface area contributed by atoms with E-state index in [0.29, 0.717) is 11.1 Å². The molecule has 7 nitrogen and oxygen atoms in total. The van der Waals surface area contributed by atoms with Crippen LogP contribution in [0.5, 0.6) is 0 Å². The van der Waals surface area contributed by atoms with Crippen LogP contribution < -0.4 is 10.6 Å². The van der Waals surface area contributed by atoms with Gasteiger partial charge in [0.15, 0.2) is 0 Å². The molecule has 0 fully saturated rings. The van der Waals surface area contributed by atoms with Gasteiger partial charge in [-0.2, -0.15) is 18.4 Å². The van der Waals surface area contributed by atoms with Crippen molar-refractivity contribution in [2.24, 2.45) is 5.73 Å². The molecule has 10 heteroatoms. The van der Waals surface area contributed by atoms with Crippen molar-refractivity contribution in [2.45, 2.75) is 25.9 Å². The van der Waals surface area contributed by atoms with Crippen LogP contribution in [0.15, 0.2) is 71.2 Å². The number of hydrogen-bond acceptors (Lipinski definition) is 7. The average molecular weight is 485 g/mol. The highest BCUT2D eigenvalue weighted by Crippen LogP contribution is 2.44. The molecular formula is C25H22F3N3O4. The summed E-state index contributed by atoms with van der Waals surface area (Å²) in [7, 11) is 1.13. The van der Waals surface area contributed by atoms with Gasteiger partial charge >= 0.3 is 18.1 Å². The number of carbonyl (C=O) groups excluding carboxylic acids is 2. The van der Waals surface area contributed by atoms with E-state index in [4.69, 9.17) is 20.5 Å². The molecule has 1 unspecified atom stereocenters. The molecule has 3 rings (SSSR count). The predicted octanol–water partition coefficient (Wildman–Crippen LogP) is 4.36. The molecule has 35 heavy (non-hydrogen) atoms. The fourth-order valence-corrected chi connectivity index (χ4v) is 3.97. The summed E-state index contributed by atoms with van der Waals surface area (Å²) in [6.45, 7) is 3.12. The van der Waals surface area contributed by atoms with Crippen molar-refractivity contribution in [3.05, 3.63) is 87.9 Å². The van der Waals surface area contributed by atoms with E-state index in [2.05, 4.69) is 0 Å². The number of esters is 2. The minimum absolute atomic E-state index is 0.00330. The summed E-state index contributed by atoms with van der Waals surface area (Å²) < 4.78 is 50.4. The first kappa shape index (κ1) is 25.4. The number of allylic oxidation sites excluding steroid dienone is 1. The number of nitriles is 1. The third kappa shape index (κ3) is 4.84. The van der Waals surface area contributed by atoms with Gasteiger partial charge in [0.1, 0.15) is 5.82 Å². The Morgan fingerprint density at radius 2 is 1.77 bits per heavy atom. The van der Waals surface area contributed by atoms with E-state index in [-0.39, 0.29) is 35.0 Å². The number of rotatable bonds is 5. The molecule has 0 saturated heterocycles. The second-order valence-electron chi connectivity index (χ2n) is 7.56. The maximum atomic E-state index is 13.4. The standard InChI is InChI=1S/C25H22F3N3O4/c1-4-35-24(33)19-14(2)31(18-7-5-6-17(12-18)25(26,27)28)22(30)21(23(32)34-3)20(19)16-10-8-15(13-29)9-11-16/h5-12,20H,4,30H2,1-3H3. The lowest BCUT2D eigenvalue weighted by atomic mass is 9.80. The summed E-state index contributed by atoms with van der Waals surface area (Å²) in [6.07, 6.45) is -4.62. The summed E-state index contributed by atoms with van der Waals surface area (Å²) in [6, 6.07) is 12.5. The van der Waals surface area contributed by atoms with Crippen molar-refractivity contribution in [1.29, 1.82) is 5.26 Å². The van der Waals surface area contributed by atoms with E-state index < -0.39 is 29.6 Å². The fourth-order valence-electron chi connectivity index (χ4n) is 3.97. The van der Waals surface area contributed by atoms with Crippen LogP contribution in [-0.4, -0.2) is 25.7 Å². The lowest BCUT2D eigenvalue weighted by Gasteiger charge is -2.37. The van der Waals surface area contributed by atoms with Gasteiger partial charge in [-0.25, -0.2) is 9.59 Å². The zero-order valence-electron chi connectivity index (χ0n) is 19.1. The largest absolute Gasteiger partial charge is 0.466 e. The fraction of sp³-hybridized carbons (Fsp3) is 0.240. The first-order valence-electron chi connectivity index (χ1n) is 10.5. The third-order valence-corrected chi connectivity index (χ3v) is 5.52. The average Bonchev–Trinajstić information content (AvgIpc) is 2.83. The zero-order valence-corrected chi connectivity index (χ0v) is 19.1. The molecule has 1 atom stereocenters. The highest BCUT2D eigenvalue weighted by molar-refractivity contribution is 6.01. The summed E-state index contributed by atoms with van der Waals surface area (Å²) >= 11 is 0. The van der Waals surface area contributed by atoms with E-state index in [0.717, 1.165) is 19.2 Å². The van der Waals surface area contributed by atoms with Gasteiger partial charge in [-0.15, -0.1) is 0 Å². The molecule has 2 N–H and O–H groups in total. The molecule has 1 heterocycles. The molecule has 0 bridgehead atoms. The summed E-state index contributed by atoms with van der Waals surface area (Å²) in [5, 5.41) is 9.13. The highest BCUT2D eigenvalue weighted by atomic mass is 19.4. The van der Waals surface area contributed by atoms with Gasteiger partial charge in [-0.3, -0.25) is 0 Å². The molecule has 1 aliphatic heterocycles. The van der Waals surface area contributed by atoms with E-state index in [1.165, 1.54) is 36.1 Å². The number of alkyl halides is 3. The number of anilines is 1. The summed E-state index contributed by atoms with van der Waals surface area (Å²) in [5.74, 6) is -2.89. The molecule has 1 aliphatic rings. The molecule has 2 aromatic rings. The second-order valence-corrected chi connectivity index (χ2v) is 7.56. The Labute approximate surface area is 199 Å². The maximum Gasteiger partial charge on any atom is 0.416 e. The van der Waals surface area contributed by atoms with Crippen molar-refractivity contribution in [2.75, 3.05) is 18.6 Å². The molecule has 0 spiro atoms. The third-order valence-electron chi connectivity index (χ3n) is 5.52. The number of carbonyl (C=O) groups is 2. The number of nitrogens with two attached hydrogens (primary N) is 1. The Morgan fingerprint density at radius 3 is 2.31 bits per heavy atom. The predicted molar refractivity (Wildman–Crippen MR) is 120 cm³/mol. The zero-order chi connectivity index (χ0) is 25.9. The van der Waals surface area contributed by atoms with Crippen LogP contribution in [0.3, 0.4) is 0 Å². The van der Waals surface area contributed by atoms with Crippen LogP contribution in [0.25, 0.3) is 0 Å². The number of halogens is 3. The van der Waals surface area contributed by atoms with Crippen molar-refractivity contribution < 1.29 is 32.2 Å². The van der Waals surface area contributed by atoms with E-state index >= 15 is 0 Å². The molecule has 0 aromatic heterocycles. The minimum Gasteiger partial charge on any atom is -0.466 e. The summed E-state index contributed by atoms with van der Waals surface area (Å²) in [4.78, 5) is 27.3. The van der Waals surface area contributed by atoms with E-state index in [9.17, 15) is 22.8 Å². The molecule has 0 radical (unpaired) electrons. The van der Waals surface area contributed by atoms with Crippen molar-refractivity contribution in [3.63, 3.8) is 0 Å². The van der Waals surface area contributed by atoms with Crippen molar-refractivity contribution in [1.82, 2.24) is 0 Å². The highest BCUT2D eigenvalue weighted by Gasteiger charge is 2.42. The Kier molecular flexibility index (Phi) is 7.20. The molecule has 0 aliphatic carbocycles. The van der Waals surface area contributed by atoms with E-state index in [1.807, 2.05) is 6.07 Å². The first-order valence-corrected chi connectivity index (χ1v) is 10.5. The van der Waals surface area contributed by atoms with Crippen LogP contribution >= 0.6 is 0 Å². The summed E-state index contributed by atoms with van der Waals surface area (Å²) in [5.41, 5.74) is 6.29. The number of hydrogen-bond donors (Lipinski definition) is 1. The monoisotopic (exact) mass is 485 g/mol. The number of benzene rings is 2. The van der Waals surface area contributed by atoms with Gasteiger partial charge < -0.3 is 20.1 Å². The van der Waals surface area contributed by atoms with Crippen LogP contribution in [0.4, 0.5) is 18.9 Å². The lowest BCUT2D eigenvalue weighted by molar-refractivity contribution is -0.139. The van der Waals surface area contributed by atoms with E-state index in [1.54, 1.807) is 19.1 Å². The molecule has 0 amide bonds. The van der Waals surface area contributed by atoms with Crippen molar-refractivity contribution >= 4 is 17.6 Å². The maximum absolute atomic E-state index is 13.4. The molecule has 182 valence electrons. The van der Waals surface area contributed by atoms with Crippen LogP contribution in [0.1, 0.15) is 36.5 Å². The first-order chi connectivity index (χ1) is 16.5. The minimum atomic E-state index is -4.62.